The summed E-state index contributed by atoms with van der Waals surface area (Å²) in [5, 5.41) is 6.48. The van der Waals surface area contributed by atoms with E-state index in [1.807, 2.05) is 0 Å². The van der Waals surface area contributed by atoms with Gasteiger partial charge in [0.25, 0.3) is 10.0 Å². The van der Waals surface area contributed by atoms with Crippen LogP contribution >= 0.6 is 31.9 Å². The summed E-state index contributed by atoms with van der Waals surface area (Å²) < 4.78 is 28.0. The van der Waals surface area contributed by atoms with Crippen LogP contribution in [0.15, 0.2) is 32.0 Å². The van der Waals surface area contributed by atoms with E-state index in [4.69, 9.17) is 5.73 Å². The molecule has 0 spiro atoms. The van der Waals surface area contributed by atoms with Gasteiger partial charge in [0.05, 0.1) is 5.69 Å². The Labute approximate surface area is 127 Å². The first-order valence-electron chi connectivity index (χ1n) is 5.09. The van der Waals surface area contributed by atoms with Gasteiger partial charge in [-0.3, -0.25) is 9.82 Å². The Morgan fingerprint density at radius 2 is 2.00 bits per heavy atom. The van der Waals surface area contributed by atoms with Crippen molar-refractivity contribution in [1.82, 2.24) is 10.2 Å². The maximum atomic E-state index is 12.3. The Kier molecular flexibility index (Phi) is 3.88. The number of H-pyrrole nitrogens is 1. The van der Waals surface area contributed by atoms with Crippen LogP contribution in [0.25, 0.3) is 0 Å². The summed E-state index contributed by atoms with van der Waals surface area (Å²) in [5.74, 6) is 0.215. The fourth-order valence-electron chi connectivity index (χ4n) is 1.52. The standard InChI is InChI=1S/C10H10Br2N4O2S/c1-5-2-9(15-14-5)16-19(17,18)10-7(12)3-6(11)4-8(10)13/h2-4H,13H2,1H3,(H2,14,15,16). The summed E-state index contributed by atoms with van der Waals surface area (Å²) in [6, 6.07) is 4.72. The molecule has 0 fully saturated rings. The number of benzene rings is 1. The zero-order chi connectivity index (χ0) is 14.2. The number of hydrogen-bond acceptors (Lipinski definition) is 4. The van der Waals surface area contributed by atoms with Gasteiger partial charge in [0, 0.05) is 20.7 Å². The first kappa shape index (κ1) is 14.4. The van der Waals surface area contributed by atoms with Gasteiger partial charge < -0.3 is 5.73 Å². The molecule has 0 bridgehead atoms. The molecule has 9 heteroatoms. The topological polar surface area (TPSA) is 101 Å². The van der Waals surface area contributed by atoms with Gasteiger partial charge in [-0.2, -0.15) is 5.10 Å². The third kappa shape index (κ3) is 3.10. The smallest absolute Gasteiger partial charge is 0.266 e. The maximum Gasteiger partial charge on any atom is 0.266 e. The second kappa shape index (κ2) is 5.14. The first-order valence-corrected chi connectivity index (χ1v) is 8.16. The van der Waals surface area contributed by atoms with Gasteiger partial charge in [-0.1, -0.05) is 15.9 Å². The van der Waals surface area contributed by atoms with E-state index in [-0.39, 0.29) is 16.4 Å². The monoisotopic (exact) mass is 408 g/mol. The predicted molar refractivity (Wildman–Crippen MR) is 80.4 cm³/mol. The maximum absolute atomic E-state index is 12.3. The zero-order valence-corrected chi connectivity index (χ0v) is 13.7. The second-order valence-electron chi connectivity index (χ2n) is 3.85. The molecule has 2 aromatic rings. The summed E-state index contributed by atoms with van der Waals surface area (Å²) in [7, 11) is -3.80. The highest BCUT2D eigenvalue weighted by Crippen LogP contribution is 2.32. The van der Waals surface area contributed by atoms with Gasteiger partial charge in [0.15, 0.2) is 5.82 Å². The summed E-state index contributed by atoms with van der Waals surface area (Å²) in [6.07, 6.45) is 0. The molecule has 2 rings (SSSR count). The van der Waals surface area contributed by atoms with E-state index in [2.05, 4.69) is 46.8 Å². The third-order valence-electron chi connectivity index (χ3n) is 2.25. The molecule has 0 aliphatic heterocycles. The van der Waals surface area contributed by atoms with E-state index in [0.29, 0.717) is 8.95 Å². The van der Waals surface area contributed by atoms with Crippen LogP contribution in [-0.2, 0) is 10.0 Å². The Balaban J connectivity index is 2.45. The van der Waals surface area contributed by atoms with Crippen molar-refractivity contribution in [3.05, 3.63) is 32.8 Å². The van der Waals surface area contributed by atoms with Gasteiger partial charge in [-0.15, -0.1) is 0 Å². The molecule has 4 N–H and O–H groups in total. The highest BCUT2D eigenvalue weighted by molar-refractivity contribution is 9.11. The number of nitrogens with one attached hydrogen (secondary N) is 2. The lowest BCUT2D eigenvalue weighted by Crippen LogP contribution is -2.15. The summed E-state index contributed by atoms with van der Waals surface area (Å²) in [6.45, 7) is 1.77. The fraction of sp³-hybridized carbons (Fsp3) is 0.100. The molecule has 0 radical (unpaired) electrons. The van der Waals surface area contributed by atoms with E-state index >= 15 is 0 Å². The largest absolute Gasteiger partial charge is 0.398 e. The molecule has 0 atom stereocenters. The molecule has 1 aromatic heterocycles. The summed E-state index contributed by atoms with van der Waals surface area (Å²) in [5.41, 5.74) is 6.65. The van der Waals surface area contributed by atoms with Crippen LogP contribution in [0, 0.1) is 6.92 Å². The van der Waals surface area contributed by atoms with Crippen LogP contribution in [0.5, 0.6) is 0 Å². The molecule has 6 nitrogen and oxygen atoms in total. The first-order chi connectivity index (χ1) is 8.79. The van der Waals surface area contributed by atoms with Crippen molar-refractivity contribution in [2.45, 2.75) is 11.8 Å². The van der Waals surface area contributed by atoms with Crippen molar-refractivity contribution in [3.63, 3.8) is 0 Å². The number of aromatic amines is 1. The highest BCUT2D eigenvalue weighted by atomic mass is 79.9. The van der Waals surface area contributed by atoms with Crippen molar-refractivity contribution < 1.29 is 8.42 Å². The number of anilines is 2. The minimum atomic E-state index is -3.80. The Hall–Kier alpha value is -1.06. The van der Waals surface area contributed by atoms with E-state index < -0.39 is 10.0 Å². The highest BCUT2D eigenvalue weighted by Gasteiger charge is 2.22. The number of halogens is 2. The molecule has 0 saturated carbocycles. The molecule has 0 saturated heterocycles. The molecular formula is C10H10Br2N4O2S. The van der Waals surface area contributed by atoms with Crippen molar-refractivity contribution in [2.24, 2.45) is 0 Å². The molecule has 102 valence electrons. The van der Waals surface area contributed by atoms with Crippen molar-refractivity contribution in [3.8, 4) is 0 Å². The van der Waals surface area contributed by atoms with Gasteiger partial charge in [0.2, 0.25) is 0 Å². The van der Waals surface area contributed by atoms with Crippen LogP contribution in [0.2, 0.25) is 0 Å². The minimum Gasteiger partial charge on any atom is -0.398 e. The van der Waals surface area contributed by atoms with Gasteiger partial charge >= 0.3 is 0 Å². The second-order valence-corrected chi connectivity index (χ2v) is 7.24. The number of nitrogen functional groups attached to an aromatic ring is 1. The molecule has 0 aliphatic carbocycles. The zero-order valence-electron chi connectivity index (χ0n) is 9.74. The number of nitrogens with zero attached hydrogens (tertiary/aromatic N) is 1. The fourth-order valence-corrected chi connectivity index (χ4v) is 4.59. The molecule has 0 unspecified atom stereocenters. The lowest BCUT2D eigenvalue weighted by atomic mass is 10.3. The van der Waals surface area contributed by atoms with Gasteiger partial charge in [-0.25, -0.2) is 8.42 Å². The molecule has 0 amide bonds. The number of aryl methyl sites for hydroxylation is 1. The number of hydrogen-bond donors (Lipinski definition) is 3. The van der Waals surface area contributed by atoms with Gasteiger partial charge in [0.1, 0.15) is 4.90 Å². The normalized spacial score (nSPS) is 11.5. The number of aromatic nitrogens is 2. The van der Waals surface area contributed by atoms with Crippen LogP contribution in [0.4, 0.5) is 11.5 Å². The SMILES string of the molecule is Cc1cc(NS(=O)(=O)c2c(N)cc(Br)cc2Br)n[nH]1. The average molecular weight is 410 g/mol. The lowest BCUT2D eigenvalue weighted by Gasteiger charge is -2.10. The van der Waals surface area contributed by atoms with Gasteiger partial charge in [-0.05, 0) is 35.0 Å². The van der Waals surface area contributed by atoms with E-state index in [1.54, 1.807) is 19.1 Å². The minimum absolute atomic E-state index is 0.0173. The molecule has 1 aromatic carbocycles. The molecule has 0 aliphatic rings. The quantitative estimate of drug-likeness (QED) is 0.678. The van der Waals surface area contributed by atoms with Crippen LogP contribution in [0.3, 0.4) is 0 Å². The van der Waals surface area contributed by atoms with Crippen LogP contribution < -0.4 is 10.5 Å². The van der Waals surface area contributed by atoms with Crippen molar-refractivity contribution >= 4 is 53.4 Å². The van der Waals surface area contributed by atoms with Crippen LogP contribution in [-0.4, -0.2) is 18.6 Å². The lowest BCUT2D eigenvalue weighted by molar-refractivity contribution is 0.601. The summed E-state index contributed by atoms with van der Waals surface area (Å²) >= 11 is 6.44. The average Bonchev–Trinajstić information content (AvgIpc) is 2.60. The predicted octanol–water partition coefficient (Wildman–Crippen LogP) is 2.63. The Morgan fingerprint density at radius 1 is 1.32 bits per heavy atom. The van der Waals surface area contributed by atoms with Crippen molar-refractivity contribution in [1.29, 1.82) is 0 Å². The summed E-state index contributed by atoms with van der Waals surface area (Å²) in [4.78, 5) is -0.0173. The Bertz CT molecular complexity index is 704. The molecular weight excluding hydrogens is 400 g/mol. The Morgan fingerprint density at radius 3 is 2.53 bits per heavy atom. The van der Waals surface area contributed by atoms with Crippen LogP contribution in [0.1, 0.15) is 5.69 Å². The van der Waals surface area contributed by atoms with Crippen molar-refractivity contribution in [2.75, 3.05) is 10.5 Å². The van der Waals surface area contributed by atoms with E-state index in [0.717, 1.165) is 5.69 Å². The molecule has 19 heavy (non-hydrogen) atoms. The number of rotatable bonds is 3. The third-order valence-corrected chi connectivity index (χ3v) is 5.07. The number of nitrogens with two attached hydrogens (primary N) is 1. The van der Waals surface area contributed by atoms with E-state index in [9.17, 15) is 8.42 Å². The van der Waals surface area contributed by atoms with E-state index in [1.165, 1.54) is 6.07 Å². The number of sulfonamides is 1. The molecule has 1 heterocycles.